The van der Waals surface area contributed by atoms with E-state index in [-0.39, 0.29) is 5.02 Å². The van der Waals surface area contributed by atoms with Gasteiger partial charge >= 0.3 is 0 Å². The summed E-state index contributed by atoms with van der Waals surface area (Å²) in [7, 11) is 0. The van der Waals surface area contributed by atoms with Crippen LogP contribution in [0, 0.1) is 5.82 Å². The van der Waals surface area contributed by atoms with Gasteiger partial charge in [-0.25, -0.2) is 4.39 Å². The van der Waals surface area contributed by atoms with E-state index in [1.807, 2.05) is 0 Å². The van der Waals surface area contributed by atoms with E-state index in [4.69, 9.17) is 22.1 Å². The van der Waals surface area contributed by atoms with Crippen molar-refractivity contribution in [3.8, 4) is 0 Å². The summed E-state index contributed by atoms with van der Waals surface area (Å²) < 4.78 is 18.2. The number of nitrogens with two attached hydrogens (primary N) is 1. The van der Waals surface area contributed by atoms with Crippen LogP contribution in [0.3, 0.4) is 0 Å². The minimum atomic E-state index is -0.411. The van der Waals surface area contributed by atoms with Crippen molar-refractivity contribution >= 4 is 11.6 Å². The molecule has 2 N–H and O–H groups in total. The number of halogens is 2. The monoisotopic (exact) mass is 217 g/mol. The second kappa shape index (κ2) is 5.96. The second-order valence-corrected chi connectivity index (χ2v) is 3.35. The fourth-order valence-electron chi connectivity index (χ4n) is 1.00. The Hall–Kier alpha value is -0.640. The molecule has 0 heterocycles. The van der Waals surface area contributed by atoms with Crippen molar-refractivity contribution in [3.63, 3.8) is 0 Å². The summed E-state index contributed by atoms with van der Waals surface area (Å²) in [5.74, 6) is -0.411. The molecule has 0 bridgehead atoms. The standard InChI is InChI=1S/C10H13ClFNO/c11-9-3-2-8(6-10(9)12)7-14-5-1-4-13/h2-3,6H,1,4-5,7,13H2. The molecule has 1 aromatic carbocycles. The quantitative estimate of drug-likeness (QED) is 0.769. The summed E-state index contributed by atoms with van der Waals surface area (Å²) in [6.45, 7) is 1.60. The highest BCUT2D eigenvalue weighted by atomic mass is 35.5. The van der Waals surface area contributed by atoms with Gasteiger partial charge in [0, 0.05) is 6.61 Å². The van der Waals surface area contributed by atoms with Crippen LogP contribution in [0.1, 0.15) is 12.0 Å². The van der Waals surface area contributed by atoms with E-state index < -0.39 is 5.82 Å². The number of ether oxygens (including phenoxy) is 1. The van der Waals surface area contributed by atoms with Gasteiger partial charge in [-0.05, 0) is 30.7 Å². The molecular weight excluding hydrogens is 205 g/mol. The van der Waals surface area contributed by atoms with Crippen molar-refractivity contribution in [2.45, 2.75) is 13.0 Å². The highest BCUT2D eigenvalue weighted by Gasteiger charge is 2.00. The van der Waals surface area contributed by atoms with Crippen molar-refractivity contribution in [2.75, 3.05) is 13.2 Å². The van der Waals surface area contributed by atoms with Gasteiger partial charge in [0.15, 0.2) is 0 Å². The van der Waals surface area contributed by atoms with Gasteiger partial charge in [-0.15, -0.1) is 0 Å². The molecule has 0 fully saturated rings. The Balaban J connectivity index is 2.39. The van der Waals surface area contributed by atoms with Crippen LogP contribution in [0.5, 0.6) is 0 Å². The van der Waals surface area contributed by atoms with E-state index in [0.29, 0.717) is 19.8 Å². The molecule has 0 aromatic heterocycles. The van der Waals surface area contributed by atoms with Gasteiger partial charge in [-0.2, -0.15) is 0 Å². The molecule has 0 spiro atoms. The minimum absolute atomic E-state index is 0.135. The lowest BCUT2D eigenvalue weighted by Crippen LogP contribution is -2.04. The maximum atomic E-state index is 12.9. The van der Waals surface area contributed by atoms with E-state index in [1.54, 1.807) is 6.07 Å². The molecule has 0 aliphatic heterocycles. The third-order valence-electron chi connectivity index (χ3n) is 1.75. The second-order valence-electron chi connectivity index (χ2n) is 2.94. The summed E-state index contributed by atoms with van der Waals surface area (Å²) in [5.41, 5.74) is 6.08. The van der Waals surface area contributed by atoms with Gasteiger partial charge in [0.25, 0.3) is 0 Å². The summed E-state index contributed by atoms with van der Waals surface area (Å²) in [5, 5.41) is 0.135. The minimum Gasteiger partial charge on any atom is -0.377 e. The van der Waals surface area contributed by atoms with E-state index in [0.717, 1.165) is 12.0 Å². The number of benzene rings is 1. The van der Waals surface area contributed by atoms with E-state index in [9.17, 15) is 4.39 Å². The van der Waals surface area contributed by atoms with Crippen LogP contribution in [0.15, 0.2) is 18.2 Å². The molecule has 0 unspecified atom stereocenters. The summed E-state index contributed by atoms with van der Waals surface area (Å²) in [6.07, 6.45) is 0.816. The summed E-state index contributed by atoms with van der Waals surface area (Å²) in [6, 6.07) is 4.65. The average Bonchev–Trinajstić information content (AvgIpc) is 2.18. The van der Waals surface area contributed by atoms with E-state index in [1.165, 1.54) is 12.1 Å². The van der Waals surface area contributed by atoms with Gasteiger partial charge in [0.1, 0.15) is 5.82 Å². The van der Waals surface area contributed by atoms with Gasteiger partial charge in [-0.1, -0.05) is 17.7 Å². The van der Waals surface area contributed by atoms with Crippen molar-refractivity contribution in [2.24, 2.45) is 5.73 Å². The Bertz CT molecular complexity index is 293. The molecule has 0 radical (unpaired) electrons. The van der Waals surface area contributed by atoms with Crippen LogP contribution >= 0.6 is 11.6 Å². The fourth-order valence-corrected chi connectivity index (χ4v) is 1.12. The Labute approximate surface area is 87.8 Å². The molecule has 0 aliphatic carbocycles. The Morgan fingerprint density at radius 2 is 2.21 bits per heavy atom. The lowest BCUT2D eigenvalue weighted by atomic mass is 10.2. The first-order valence-corrected chi connectivity index (χ1v) is 4.83. The molecule has 2 nitrogen and oxygen atoms in total. The topological polar surface area (TPSA) is 35.2 Å². The molecule has 14 heavy (non-hydrogen) atoms. The van der Waals surface area contributed by atoms with Crippen molar-refractivity contribution in [1.82, 2.24) is 0 Å². The van der Waals surface area contributed by atoms with Crippen LogP contribution < -0.4 is 5.73 Å². The Morgan fingerprint density at radius 1 is 1.43 bits per heavy atom. The van der Waals surface area contributed by atoms with Gasteiger partial charge < -0.3 is 10.5 Å². The zero-order valence-electron chi connectivity index (χ0n) is 7.80. The van der Waals surface area contributed by atoms with E-state index in [2.05, 4.69) is 0 Å². The maximum Gasteiger partial charge on any atom is 0.142 e. The first-order chi connectivity index (χ1) is 6.74. The molecule has 0 atom stereocenters. The zero-order valence-corrected chi connectivity index (χ0v) is 8.56. The Morgan fingerprint density at radius 3 is 2.86 bits per heavy atom. The van der Waals surface area contributed by atoms with Gasteiger partial charge in [-0.3, -0.25) is 0 Å². The third kappa shape index (κ3) is 3.62. The molecule has 0 aliphatic rings. The summed E-state index contributed by atoms with van der Waals surface area (Å²) in [4.78, 5) is 0. The van der Waals surface area contributed by atoms with Crippen LogP contribution in [0.4, 0.5) is 4.39 Å². The fraction of sp³-hybridized carbons (Fsp3) is 0.400. The van der Waals surface area contributed by atoms with Crippen LogP contribution in [-0.4, -0.2) is 13.2 Å². The van der Waals surface area contributed by atoms with Crippen LogP contribution in [0.2, 0.25) is 5.02 Å². The van der Waals surface area contributed by atoms with Crippen molar-refractivity contribution < 1.29 is 9.13 Å². The van der Waals surface area contributed by atoms with E-state index >= 15 is 0 Å². The highest BCUT2D eigenvalue weighted by Crippen LogP contribution is 2.15. The van der Waals surface area contributed by atoms with Crippen LogP contribution in [-0.2, 0) is 11.3 Å². The average molecular weight is 218 g/mol. The van der Waals surface area contributed by atoms with Crippen molar-refractivity contribution in [3.05, 3.63) is 34.6 Å². The molecule has 0 saturated carbocycles. The third-order valence-corrected chi connectivity index (χ3v) is 2.05. The van der Waals surface area contributed by atoms with Gasteiger partial charge in [0.2, 0.25) is 0 Å². The Kier molecular flexibility index (Phi) is 4.87. The molecule has 1 aromatic rings. The molecule has 1 rings (SSSR count). The first-order valence-electron chi connectivity index (χ1n) is 4.46. The maximum absolute atomic E-state index is 12.9. The van der Waals surface area contributed by atoms with Gasteiger partial charge in [0.05, 0.1) is 11.6 Å². The lowest BCUT2D eigenvalue weighted by Gasteiger charge is -2.03. The number of rotatable bonds is 5. The normalized spacial score (nSPS) is 10.5. The molecule has 0 amide bonds. The predicted octanol–water partition coefficient (Wildman–Crippen LogP) is 2.34. The van der Waals surface area contributed by atoms with Crippen LogP contribution in [0.25, 0.3) is 0 Å². The smallest absolute Gasteiger partial charge is 0.142 e. The molecule has 0 saturated heterocycles. The molecular formula is C10H13ClFNO. The SMILES string of the molecule is NCCCOCc1ccc(Cl)c(F)c1. The molecule has 78 valence electrons. The number of hydrogen-bond donors (Lipinski definition) is 1. The first kappa shape index (κ1) is 11.4. The summed E-state index contributed by atoms with van der Waals surface area (Å²) >= 11 is 5.53. The highest BCUT2D eigenvalue weighted by molar-refractivity contribution is 6.30. The largest absolute Gasteiger partial charge is 0.377 e. The lowest BCUT2D eigenvalue weighted by molar-refractivity contribution is 0.120. The predicted molar refractivity (Wildman–Crippen MR) is 54.7 cm³/mol. The zero-order chi connectivity index (χ0) is 10.4. The molecule has 4 heteroatoms. The number of hydrogen-bond acceptors (Lipinski definition) is 2. The van der Waals surface area contributed by atoms with Crippen molar-refractivity contribution in [1.29, 1.82) is 0 Å².